The van der Waals surface area contributed by atoms with Gasteiger partial charge in [-0.25, -0.2) is 0 Å². The van der Waals surface area contributed by atoms with Gasteiger partial charge in [0, 0.05) is 0 Å². The zero-order chi connectivity index (χ0) is 19.4. The van der Waals surface area contributed by atoms with Crippen molar-refractivity contribution in [3.8, 4) is 0 Å². The Balaban J connectivity index is 0. The minimum absolute atomic E-state index is 0. The van der Waals surface area contributed by atoms with E-state index in [9.17, 15) is 0 Å². The number of hydrogen-bond acceptors (Lipinski definition) is 0. The van der Waals surface area contributed by atoms with Crippen molar-refractivity contribution >= 4 is 10.8 Å². The number of rotatable bonds is 5. The van der Waals surface area contributed by atoms with Crippen LogP contribution in [0.25, 0.3) is 10.8 Å². The van der Waals surface area contributed by atoms with Crippen molar-refractivity contribution in [2.24, 2.45) is 0 Å². The van der Waals surface area contributed by atoms with Gasteiger partial charge in [0.2, 0.25) is 0 Å². The molecule has 0 saturated heterocycles. The van der Waals surface area contributed by atoms with Crippen LogP contribution >= 0.6 is 0 Å². The fourth-order valence-electron chi connectivity index (χ4n) is 2.45. The fourth-order valence-corrected chi connectivity index (χ4v) is 2.45. The van der Waals surface area contributed by atoms with E-state index in [1.807, 2.05) is 0 Å². The van der Waals surface area contributed by atoms with E-state index in [2.05, 4.69) is 86.6 Å². The molecule has 0 unspecified atom stereocenters. The van der Waals surface area contributed by atoms with Gasteiger partial charge in [0.15, 0.2) is 0 Å². The molecule has 26 heavy (non-hydrogen) atoms. The van der Waals surface area contributed by atoms with E-state index >= 15 is 0 Å². The summed E-state index contributed by atoms with van der Waals surface area (Å²) in [7, 11) is 0. The van der Waals surface area contributed by atoms with Crippen LogP contribution < -0.4 is 0 Å². The smallest absolute Gasteiger partial charge is 0.343 e. The minimum atomic E-state index is 0. The molecule has 0 N–H and O–H groups in total. The Kier molecular flexibility index (Phi) is 16.6. The molecule has 0 nitrogen and oxygen atoms in total. The number of hydrogen-bond donors (Lipinski definition) is 0. The van der Waals surface area contributed by atoms with Crippen LogP contribution in [-0.4, -0.2) is 0 Å². The molecule has 1 heteroatoms. The summed E-state index contributed by atoms with van der Waals surface area (Å²) < 4.78 is 0. The first-order valence-corrected chi connectivity index (χ1v) is 10.2. The first-order chi connectivity index (χ1) is 11.9. The summed E-state index contributed by atoms with van der Waals surface area (Å²) in [4.78, 5) is 0. The fraction of sp³-hybridized carbons (Fsp3) is 0.560. The van der Waals surface area contributed by atoms with E-state index in [0.29, 0.717) is 11.8 Å². The van der Waals surface area contributed by atoms with Crippen LogP contribution in [0.4, 0.5) is 0 Å². The molecule has 1 radical (unpaired) electrons. The molecule has 0 saturated carbocycles. The average Bonchev–Trinajstić information content (AvgIpc) is 3.04. The second kappa shape index (κ2) is 15.6. The van der Waals surface area contributed by atoms with Gasteiger partial charge in [0.1, 0.15) is 0 Å². The molecule has 0 fully saturated rings. The third-order valence-corrected chi connectivity index (χ3v) is 4.34. The molecule has 0 aliphatic rings. The van der Waals surface area contributed by atoms with E-state index < -0.39 is 0 Å². The monoisotopic (exact) mass is 389 g/mol. The molecule has 0 bridgehead atoms. The first kappa shape index (κ1) is 27.8. The standard InChI is InChI=1S/C17H23.2C4H9.Ti/c1-6-13-7-15-9-14(11(2)3)10-16(12(4)5)17(15)8-13;2*1-3-4-2;/h7-12H,6H2,1-5H3;2*1,3-4H2,2H3;/q3*-1;+3. The van der Waals surface area contributed by atoms with E-state index in [4.69, 9.17) is 0 Å². The van der Waals surface area contributed by atoms with Crippen molar-refractivity contribution in [1.82, 2.24) is 0 Å². The number of fused-ring (bicyclic) bond motifs is 1. The number of benzene rings is 1. The van der Waals surface area contributed by atoms with Crippen molar-refractivity contribution in [1.29, 1.82) is 0 Å². The predicted molar refractivity (Wildman–Crippen MR) is 118 cm³/mol. The van der Waals surface area contributed by atoms with Gasteiger partial charge < -0.3 is 13.8 Å². The maximum atomic E-state index is 3.60. The van der Waals surface area contributed by atoms with Gasteiger partial charge in [-0.2, -0.15) is 18.9 Å². The topological polar surface area (TPSA) is 0 Å². The molecule has 2 aromatic carbocycles. The summed E-state index contributed by atoms with van der Waals surface area (Å²) >= 11 is 0. The van der Waals surface area contributed by atoms with Crippen molar-refractivity contribution in [3.63, 3.8) is 0 Å². The van der Waals surface area contributed by atoms with Crippen molar-refractivity contribution in [2.45, 2.75) is 92.4 Å². The van der Waals surface area contributed by atoms with Crippen molar-refractivity contribution in [3.05, 3.63) is 54.8 Å². The summed E-state index contributed by atoms with van der Waals surface area (Å²) in [6, 6.07) is 9.49. The maximum Gasteiger partial charge on any atom is 3.00 e. The quantitative estimate of drug-likeness (QED) is 0.355. The SMILES string of the molecule is CCc1cc2c(C(C)C)cc(C(C)C)cc2[cH-]1.[CH2-]CCC.[CH2-]CCC.[Ti+3]. The summed E-state index contributed by atoms with van der Waals surface area (Å²) in [5, 5.41) is 2.89. The minimum Gasteiger partial charge on any atom is -0.343 e. The Morgan fingerprint density at radius 2 is 1.35 bits per heavy atom. The molecule has 0 heterocycles. The van der Waals surface area contributed by atoms with Crippen LogP contribution in [0, 0.1) is 13.8 Å². The van der Waals surface area contributed by atoms with Crippen LogP contribution in [0.3, 0.4) is 0 Å². The van der Waals surface area contributed by atoms with E-state index in [1.165, 1.54) is 40.3 Å². The van der Waals surface area contributed by atoms with Gasteiger partial charge in [0.05, 0.1) is 0 Å². The Hall–Kier alpha value is -0.456. The second-order valence-electron chi connectivity index (χ2n) is 7.35. The maximum absolute atomic E-state index is 3.60. The zero-order valence-corrected chi connectivity index (χ0v) is 20.0. The molecule has 0 atom stereocenters. The Morgan fingerprint density at radius 3 is 1.69 bits per heavy atom. The summed E-state index contributed by atoms with van der Waals surface area (Å²) in [5.74, 6) is 1.21. The molecule has 0 amide bonds. The van der Waals surface area contributed by atoms with Gasteiger partial charge in [-0.15, -0.1) is 28.5 Å². The van der Waals surface area contributed by atoms with Crippen LogP contribution in [-0.2, 0) is 28.1 Å². The van der Waals surface area contributed by atoms with Crippen LogP contribution in [0.2, 0.25) is 0 Å². The Labute approximate surface area is 179 Å². The van der Waals surface area contributed by atoms with Gasteiger partial charge in [-0.05, 0) is 18.3 Å². The second-order valence-corrected chi connectivity index (χ2v) is 7.35. The molecule has 2 aromatic rings. The van der Waals surface area contributed by atoms with Gasteiger partial charge >= 0.3 is 21.7 Å². The van der Waals surface area contributed by atoms with E-state index in [-0.39, 0.29) is 21.7 Å². The molecule has 2 rings (SSSR count). The predicted octanol–water partition coefficient (Wildman–Crippen LogP) is 8.61. The van der Waals surface area contributed by atoms with E-state index in [0.717, 1.165) is 19.3 Å². The van der Waals surface area contributed by atoms with Crippen LogP contribution in [0.1, 0.15) is 103 Å². The number of unbranched alkanes of at least 4 members (excludes halogenated alkanes) is 2. The molecular weight excluding hydrogens is 348 g/mol. The average molecular weight is 389 g/mol. The third-order valence-electron chi connectivity index (χ3n) is 4.34. The van der Waals surface area contributed by atoms with Gasteiger partial charge in [-0.3, -0.25) is 0 Å². The molecule has 0 aliphatic carbocycles. The third kappa shape index (κ3) is 9.47. The summed E-state index contributed by atoms with van der Waals surface area (Å²) in [6.07, 6.45) is 5.68. The molecular formula is C25H41Ti. The Morgan fingerprint density at radius 1 is 0.846 bits per heavy atom. The van der Waals surface area contributed by atoms with Crippen LogP contribution in [0.5, 0.6) is 0 Å². The van der Waals surface area contributed by atoms with Gasteiger partial charge in [0.25, 0.3) is 0 Å². The molecule has 0 spiro atoms. The van der Waals surface area contributed by atoms with Crippen LogP contribution in [0.15, 0.2) is 24.3 Å². The largest absolute Gasteiger partial charge is 3.00 e. The first-order valence-electron chi connectivity index (χ1n) is 10.2. The molecule has 145 valence electrons. The van der Waals surface area contributed by atoms with E-state index in [1.54, 1.807) is 0 Å². The number of aryl methyl sites for hydroxylation is 1. The molecule has 0 aliphatic heterocycles. The van der Waals surface area contributed by atoms with Crippen molar-refractivity contribution in [2.75, 3.05) is 0 Å². The summed E-state index contributed by atoms with van der Waals surface area (Å²) in [6.45, 7) is 22.8. The Bertz CT molecular complexity index is 567. The molecule has 0 aromatic heterocycles. The van der Waals surface area contributed by atoms with Gasteiger partial charge in [-0.1, -0.05) is 78.5 Å². The van der Waals surface area contributed by atoms with Crippen molar-refractivity contribution < 1.29 is 21.7 Å². The zero-order valence-electron chi connectivity index (χ0n) is 18.4. The summed E-state index contributed by atoms with van der Waals surface area (Å²) in [5.41, 5.74) is 4.43. The normalized spacial score (nSPS) is 10.1.